The van der Waals surface area contributed by atoms with E-state index < -0.39 is 11.5 Å². The molecule has 9 heteroatoms. The number of aromatic nitrogens is 1. The van der Waals surface area contributed by atoms with Gasteiger partial charge in [-0.3, -0.25) is 4.79 Å². The fraction of sp³-hybridized carbons (Fsp3) is 0.500. The molecule has 0 bridgehead atoms. The second kappa shape index (κ2) is 8.46. The Labute approximate surface area is 169 Å². The van der Waals surface area contributed by atoms with Crippen molar-refractivity contribution < 1.29 is 14.3 Å². The van der Waals surface area contributed by atoms with Crippen LogP contribution in [0.2, 0.25) is 5.15 Å². The van der Waals surface area contributed by atoms with E-state index in [9.17, 15) is 9.59 Å². The van der Waals surface area contributed by atoms with Crippen molar-refractivity contribution in [1.82, 2.24) is 15.2 Å². The highest BCUT2D eigenvalue weighted by molar-refractivity contribution is 6.29. The number of anilines is 1. The Morgan fingerprint density at radius 2 is 1.89 bits per heavy atom. The molecule has 1 aromatic rings. The largest absolute Gasteiger partial charge is 0.443 e. The normalized spacial score (nSPS) is 16.1. The van der Waals surface area contributed by atoms with Crippen molar-refractivity contribution >= 4 is 41.7 Å². The molecule has 2 aliphatic rings. The molecule has 0 saturated heterocycles. The van der Waals surface area contributed by atoms with Gasteiger partial charge < -0.3 is 20.3 Å². The maximum atomic E-state index is 12.3. The summed E-state index contributed by atoms with van der Waals surface area (Å²) in [6.45, 7) is 8.25. The third-order valence-corrected chi connectivity index (χ3v) is 4.61. The van der Waals surface area contributed by atoms with E-state index in [0.717, 1.165) is 13.1 Å². The molecule has 2 N–H and O–H groups in total. The molecule has 148 valence electrons. The molecule has 0 unspecified atom stereocenters. The number of halogens is 2. The molecule has 3 rings (SSSR count). The van der Waals surface area contributed by atoms with E-state index in [2.05, 4.69) is 15.6 Å². The van der Waals surface area contributed by atoms with Crippen molar-refractivity contribution in [3.63, 3.8) is 0 Å². The van der Waals surface area contributed by atoms with E-state index >= 15 is 0 Å². The van der Waals surface area contributed by atoms with Crippen LogP contribution in [0, 0.1) is 5.41 Å². The van der Waals surface area contributed by atoms with Gasteiger partial charge in [0.05, 0.1) is 5.69 Å². The summed E-state index contributed by atoms with van der Waals surface area (Å²) in [6, 6.07) is 3.26. The molecule has 0 saturated carbocycles. The van der Waals surface area contributed by atoms with Crippen molar-refractivity contribution in [2.24, 2.45) is 5.41 Å². The zero-order chi connectivity index (χ0) is 18.9. The van der Waals surface area contributed by atoms with E-state index in [1.807, 2.05) is 20.8 Å². The van der Waals surface area contributed by atoms with Gasteiger partial charge in [-0.25, -0.2) is 9.78 Å². The molecule has 0 fully saturated rings. The van der Waals surface area contributed by atoms with Crippen LogP contribution in [0.4, 0.5) is 10.5 Å². The maximum absolute atomic E-state index is 12.3. The SMILES string of the molecule is CC(C)(C)C(=O)Nc1ccc(Cl)nc1COC(=O)N1CC2=C(CNC2)C1.Cl. The van der Waals surface area contributed by atoms with Gasteiger partial charge in [0.25, 0.3) is 0 Å². The van der Waals surface area contributed by atoms with Gasteiger partial charge in [0.1, 0.15) is 17.5 Å². The van der Waals surface area contributed by atoms with Crippen LogP contribution in [0.5, 0.6) is 0 Å². The summed E-state index contributed by atoms with van der Waals surface area (Å²) in [5.41, 5.74) is 2.89. The van der Waals surface area contributed by atoms with Crippen LogP contribution in [0.15, 0.2) is 23.3 Å². The van der Waals surface area contributed by atoms with Crippen LogP contribution < -0.4 is 10.6 Å². The second-order valence-corrected chi connectivity index (χ2v) is 7.94. The number of hydrogen-bond donors (Lipinski definition) is 2. The lowest BCUT2D eigenvalue weighted by atomic mass is 9.95. The van der Waals surface area contributed by atoms with Gasteiger partial charge in [-0.05, 0) is 23.3 Å². The summed E-state index contributed by atoms with van der Waals surface area (Å²) in [4.78, 5) is 30.4. The van der Waals surface area contributed by atoms with Crippen molar-refractivity contribution in [1.29, 1.82) is 0 Å². The highest BCUT2D eigenvalue weighted by Crippen LogP contribution is 2.24. The Hall–Kier alpha value is -1.83. The zero-order valence-corrected chi connectivity index (χ0v) is 17.2. The molecular formula is C18H24Cl2N4O3. The molecular weight excluding hydrogens is 391 g/mol. The Bertz CT molecular complexity index is 758. The van der Waals surface area contributed by atoms with Gasteiger partial charge in [-0.2, -0.15) is 0 Å². The maximum Gasteiger partial charge on any atom is 0.410 e. The minimum atomic E-state index is -0.552. The van der Waals surface area contributed by atoms with Crippen molar-refractivity contribution in [3.05, 3.63) is 34.1 Å². The molecule has 0 aromatic carbocycles. The fourth-order valence-corrected chi connectivity index (χ4v) is 2.99. The minimum Gasteiger partial charge on any atom is -0.443 e. The van der Waals surface area contributed by atoms with Crippen LogP contribution in [0.1, 0.15) is 26.5 Å². The molecule has 0 radical (unpaired) electrons. The number of ether oxygens (including phenoxy) is 1. The predicted molar refractivity (Wildman–Crippen MR) is 106 cm³/mol. The number of pyridine rings is 1. The van der Waals surface area contributed by atoms with Crippen molar-refractivity contribution in [2.75, 3.05) is 31.5 Å². The summed E-state index contributed by atoms with van der Waals surface area (Å²) < 4.78 is 5.41. The Morgan fingerprint density at radius 3 is 2.48 bits per heavy atom. The van der Waals surface area contributed by atoms with E-state index in [1.165, 1.54) is 11.1 Å². The summed E-state index contributed by atoms with van der Waals surface area (Å²) >= 11 is 5.96. The van der Waals surface area contributed by atoms with Gasteiger partial charge in [0, 0.05) is 31.6 Å². The van der Waals surface area contributed by atoms with Crippen molar-refractivity contribution in [3.8, 4) is 0 Å². The van der Waals surface area contributed by atoms with Crippen LogP contribution in [-0.2, 0) is 16.1 Å². The molecule has 0 aliphatic carbocycles. The minimum absolute atomic E-state index is 0. The standard InChI is InChI=1S/C18H23ClN4O3.ClH/c1-18(2,3)16(24)22-13-4-5-15(19)21-14(13)10-26-17(25)23-8-11-6-20-7-12(11)9-23;/h4-5,20H,6-10H2,1-3H3,(H,22,24);1H. The lowest BCUT2D eigenvalue weighted by molar-refractivity contribution is -0.123. The molecule has 1 aromatic heterocycles. The van der Waals surface area contributed by atoms with Gasteiger partial charge in [0.2, 0.25) is 5.91 Å². The third-order valence-electron chi connectivity index (χ3n) is 4.40. The third kappa shape index (κ3) is 5.12. The molecule has 2 aliphatic heterocycles. The smallest absolute Gasteiger partial charge is 0.410 e. The number of carbonyl (C=O) groups excluding carboxylic acids is 2. The molecule has 27 heavy (non-hydrogen) atoms. The quantitative estimate of drug-likeness (QED) is 0.586. The first-order chi connectivity index (χ1) is 12.2. The number of amides is 2. The molecule has 3 heterocycles. The summed E-state index contributed by atoms with van der Waals surface area (Å²) in [6.07, 6.45) is -0.394. The Balaban J connectivity index is 0.00000261. The topological polar surface area (TPSA) is 83.6 Å². The van der Waals surface area contributed by atoms with Gasteiger partial charge in [0.15, 0.2) is 0 Å². The Morgan fingerprint density at radius 1 is 1.26 bits per heavy atom. The molecule has 0 atom stereocenters. The average molecular weight is 415 g/mol. The van der Waals surface area contributed by atoms with E-state index in [-0.39, 0.29) is 30.1 Å². The van der Waals surface area contributed by atoms with Crippen LogP contribution >= 0.6 is 24.0 Å². The summed E-state index contributed by atoms with van der Waals surface area (Å²) in [7, 11) is 0. The van der Waals surface area contributed by atoms with Crippen LogP contribution in [0.25, 0.3) is 0 Å². The highest BCUT2D eigenvalue weighted by Gasteiger charge is 2.29. The lowest BCUT2D eigenvalue weighted by Gasteiger charge is -2.20. The number of carbonyl (C=O) groups is 2. The second-order valence-electron chi connectivity index (χ2n) is 7.55. The van der Waals surface area contributed by atoms with Gasteiger partial charge in [-0.15, -0.1) is 12.4 Å². The summed E-state index contributed by atoms with van der Waals surface area (Å²) in [5.74, 6) is -0.151. The van der Waals surface area contributed by atoms with E-state index in [1.54, 1.807) is 17.0 Å². The van der Waals surface area contributed by atoms with Crippen LogP contribution in [-0.4, -0.2) is 48.1 Å². The first-order valence-electron chi connectivity index (χ1n) is 8.53. The number of hydrogen-bond acceptors (Lipinski definition) is 5. The fourth-order valence-electron chi connectivity index (χ4n) is 2.83. The molecule has 7 nitrogen and oxygen atoms in total. The lowest BCUT2D eigenvalue weighted by Crippen LogP contribution is -2.33. The predicted octanol–water partition coefficient (Wildman–Crippen LogP) is 2.99. The van der Waals surface area contributed by atoms with Gasteiger partial charge in [-0.1, -0.05) is 32.4 Å². The van der Waals surface area contributed by atoms with E-state index in [0.29, 0.717) is 24.5 Å². The van der Waals surface area contributed by atoms with E-state index in [4.69, 9.17) is 16.3 Å². The first kappa shape index (κ1) is 21.5. The average Bonchev–Trinajstić information content (AvgIpc) is 3.15. The first-order valence-corrected chi connectivity index (χ1v) is 8.91. The van der Waals surface area contributed by atoms with Gasteiger partial charge >= 0.3 is 6.09 Å². The van der Waals surface area contributed by atoms with Crippen LogP contribution in [0.3, 0.4) is 0 Å². The monoisotopic (exact) mass is 414 g/mol. The van der Waals surface area contributed by atoms with Crippen molar-refractivity contribution in [2.45, 2.75) is 27.4 Å². The number of nitrogens with one attached hydrogen (secondary N) is 2. The zero-order valence-electron chi connectivity index (χ0n) is 15.6. The highest BCUT2D eigenvalue weighted by atomic mass is 35.5. The number of rotatable bonds is 3. The molecule has 0 spiro atoms. The summed E-state index contributed by atoms with van der Waals surface area (Å²) in [5, 5.41) is 6.37. The molecule has 2 amide bonds. The number of nitrogens with zero attached hydrogens (tertiary/aromatic N) is 2. The Kier molecular flexibility index (Phi) is 6.72.